The molecular weight excluding hydrogens is 496 g/mol. The minimum absolute atomic E-state index is 0.0624. The van der Waals surface area contributed by atoms with E-state index < -0.39 is 5.54 Å². The van der Waals surface area contributed by atoms with Gasteiger partial charge < -0.3 is 26.0 Å². The summed E-state index contributed by atoms with van der Waals surface area (Å²) >= 11 is 0. The van der Waals surface area contributed by atoms with Crippen molar-refractivity contribution in [2.24, 2.45) is 47.2 Å². The van der Waals surface area contributed by atoms with Crippen LogP contribution in [-0.4, -0.2) is 40.6 Å². The number of benzene rings is 1. The minimum atomic E-state index is -0.529. The van der Waals surface area contributed by atoms with E-state index in [-0.39, 0.29) is 35.6 Å². The van der Waals surface area contributed by atoms with Crippen LogP contribution in [-0.2, 0) is 24.1 Å². The number of phenols is 1. The molecule has 5 heteroatoms. The molecule has 2 saturated heterocycles. The second kappa shape index (κ2) is 10.0. The zero-order valence-corrected chi connectivity index (χ0v) is 24.7. The van der Waals surface area contributed by atoms with Gasteiger partial charge in [0.1, 0.15) is 5.75 Å². The van der Waals surface area contributed by atoms with E-state index in [1.807, 2.05) is 19.2 Å². The van der Waals surface area contributed by atoms with Crippen LogP contribution in [0.2, 0.25) is 0 Å². The summed E-state index contributed by atoms with van der Waals surface area (Å²) in [6, 6.07) is 3.89. The van der Waals surface area contributed by atoms with E-state index in [2.05, 4.69) is 24.1 Å². The molecule has 9 atom stereocenters. The van der Waals surface area contributed by atoms with Crippen LogP contribution in [0.5, 0.6) is 5.75 Å². The number of hydrogen-bond acceptors (Lipinski definition) is 5. The minimum Gasteiger partial charge on any atom is -0.508 e. The summed E-state index contributed by atoms with van der Waals surface area (Å²) in [5.74, 6) is 10.2. The predicted molar refractivity (Wildman–Crippen MR) is 157 cm³/mol. The fourth-order valence-electron chi connectivity index (χ4n) is 11.4. The number of nitrogens with one attached hydrogen (secondary N) is 1. The zero-order chi connectivity index (χ0) is 27.7. The van der Waals surface area contributed by atoms with E-state index in [1.165, 1.54) is 61.6 Å². The normalized spacial score (nSPS) is 44.2. The summed E-state index contributed by atoms with van der Waals surface area (Å²) in [5.41, 5.74) is 10.5. The van der Waals surface area contributed by atoms with Gasteiger partial charge in [-0.05, 0) is 118 Å². The van der Waals surface area contributed by atoms with Crippen molar-refractivity contribution in [2.45, 2.75) is 114 Å². The fourth-order valence-corrected chi connectivity index (χ4v) is 11.4. The first kappa shape index (κ1) is 27.3. The lowest BCUT2D eigenvalue weighted by molar-refractivity contribution is -0.357. The van der Waals surface area contributed by atoms with Crippen LogP contribution in [0.25, 0.3) is 0 Å². The number of fused-ring (bicyclic) bond motifs is 4. The van der Waals surface area contributed by atoms with Crippen LogP contribution in [0.1, 0.15) is 94.2 Å². The van der Waals surface area contributed by atoms with Gasteiger partial charge in [-0.1, -0.05) is 37.5 Å². The van der Waals surface area contributed by atoms with Crippen LogP contribution in [0, 0.1) is 53.3 Å². The third-order valence-electron chi connectivity index (χ3n) is 12.9. The second-order valence-electron chi connectivity index (χ2n) is 14.8. The Hall–Kier alpha value is -1.58. The molecule has 9 unspecified atom stereocenters. The summed E-state index contributed by atoms with van der Waals surface area (Å²) in [4.78, 5) is 0. The molecule has 0 aromatic heterocycles. The van der Waals surface area contributed by atoms with Crippen LogP contribution < -0.4 is 11.1 Å². The monoisotopic (exact) mass is 546 g/mol. The van der Waals surface area contributed by atoms with Gasteiger partial charge >= 0.3 is 0 Å². The summed E-state index contributed by atoms with van der Waals surface area (Å²) in [7, 11) is 1.98. The molecule has 218 valence electrons. The van der Waals surface area contributed by atoms with Crippen molar-refractivity contribution in [3.05, 3.63) is 28.8 Å². The first-order valence-corrected chi connectivity index (χ1v) is 16.4. The summed E-state index contributed by atoms with van der Waals surface area (Å²) in [5, 5.41) is 24.8. The van der Waals surface area contributed by atoms with Gasteiger partial charge in [-0.15, -0.1) is 0 Å². The first-order chi connectivity index (χ1) is 19.3. The Morgan fingerprint density at radius 2 is 1.88 bits per heavy atom. The Kier molecular flexibility index (Phi) is 6.82. The highest BCUT2D eigenvalue weighted by Crippen LogP contribution is 2.70. The Morgan fingerprint density at radius 1 is 1.07 bits per heavy atom. The van der Waals surface area contributed by atoms with Gasteiger partial charge in [-0.25, -0.2) is 0 Å². The van der Waals surface area contributed by atoms with E-state index in [4.69, 9.17) is 10.5 Å². The molecule has 40 heavy (non-hydrogen) atoms. The molecule has 0 amide bonds. The molecule has 1 spiro atoms. The van der Waals surface area contributed by atoms with E-state index in [0.717, 1.165) is 38.6 Å². The van der Waals surface area contributed by atoms with Crippen molar-refractivity contribution in [1.82, 2.24) is 5.32 Å². The van der Waals surface area contributed by atoms with E-state index >= 15 is 0 Å². The summed E-state index contributed by atoms with van der Waals surface area (Å²) in [6.45, 7) is 3.33. The SMILES string of the molecule is CNCc1cc(O)cc2c1CC1CCCC(C1)C13CC4CCC(CO)C(N)(C4C(C)(C4CCCC4)O1)C3C#CC2. The Labute approximate surface area is 241 Å². The molecular formula is C35H50N2O3. The number of aliphatic hydroxyl groups is 1. The van der Waals surface area contributed by atoms with Gasteiger partial charge in [0.05, 0.1) is 17.1 Å². The molecule has 1 aromatic carbocycles. The van der Waals surface area contributed by atoms with Crippen LogP contribution in [0.4, 0.5) is 0 Å². The molecule has 1 aromatic rings. The van der Waals surface area contributed by atoms with Gasteiger partial charge in [0.25, 0.3) is 0 Å². The molecule has 6 fully saturated rings. The third-order valence-corrected chi connectivity index (χ3v) is 12.9. The molecule has 7 aliphatic rings. The number of aromatic hydroxyl groups is 1. The lowest BCUT2D eigenvalue weighted by atomic mass is 9.39. The number of phenolic OH excluding ortho intramolecular Hbond substituents is 1. The van der Waals surface area contributed by atoms with E-state index in [0.29, 0.717) is 35.8 Å². The van der Waals surface area contributed by atoms with Gasteiger partial charge in [-0.3, -0.25) is 0 Å². The summed E-state index contributed by atoms with van der Waals surface area (Å²) in [6.07, 6.45) is 14.8. The smallest absolute Gasteiger partial charge is 0.116 e. The zero-order valence-electron chi connectivity index (χ0n) is 24.7. The maximum Gasteiger partial charge on any atom is 0.116 e. The summed E-state index contributed by atoms with van der Waals surface area (Å²) < 4.78 is 7.75. The molecule has 5 aliphatic carbocycles. The topological polar surface area (TPSA) is 87.7 Å². The number of rotatable bonds is 4. The van der Waals surface area contributed by atoms with Crippen LogP contribution in [0.15, 0.2) is 12.1 Å². The Morgan fingerprint density at radius 3 is 2.65 bits per heavy atom. The van der Waals surface area contributed by atoms with E-state index in [9.17, 15) is 10.2 Å². The van der Waals surface area contributed by atoms with Gasteiger partial charge in [0.2, 0.25) is 0 Å². The fraction of sp³-hybridized carbons (Fsp3) is 0.771. The standard InChI is InChI=1S/C35H50N2O3/c1-33(26-9-3-4-10-26)32-24-13-14-28(21-38)35(32,36)31-12-6-8-23-17-29(39)18-25(20-37-2)30(23)16-22-7-5-11-27(15-22)34(31,19-24)40-33/h17-18,22,24,26-28,31-32,37-39H,3-5,7-11,13-16,19-21,36H2,1-2H3. The van der Waals surface area contributed by atoms with Crippen molar-refractivity contribution >= 4 is 0 Å². The maximum absolute atomic E-state index is 10.8. The average molecular weight is 547 g/mol. The molecule has 0 radical (unpaired) electrons. The van der Waals surface area contributed by atoms with E-state index in [1.54, 1.807) is 0 Å². The van der Waals surface area contributed by atoms with Crippen LogP contribution in [0.3, 0.4) is 0 Å². The van der Waals surface area contributed by atoms with Gasteiger partial charge in [0.15, 0.2) is 0 Å². The molecule has 2 heterocycles. The first-order valence-electron chi connectivity index (χ1n) is 16.4. The quantitative estimate of drug-likeness (QED) is 0.395. The van der Waals surface area contributed by atoms with Crippen molar-refractivity contribution in [2.75, 3.05) is 13.7 Å². The Balaban J connectivity index is 1.39. The van der Waals surface area contributed by atoms with Crippen LogP contribution >= 0.6 is 0 Å². The average Bonchev–Trinajstić information content (AvgIpc) is 3.48. The van der Waals surface area contributed by atoms with Crippen molar-refractivity contribution < 1.29 is 14.9 Å². The highest BCUT2D eigenvalue weighted by atomic mass is 16.5. The number of ether oxygens (including phenoxy) is 1. The molecule has 5 N–H and O–H groups in total. The predicted octanol–water partition coefficient (Wildman–Crippen LogP) is 5.09. The second-order valence-corrected chi connectivity index (χ2v) is 14.8. The molecule has 4 saturated carbocycles. The largest absolute Gasteiger partial charge is 0.508 e. The molecule has 2 aliphatic heterocycles. The van der Waals surface area contributed by atoms with Crippen molar-refractivity contribution in [3.63, 3.8) is 0 Å². The molecule has 6 bridgehead atoms. The third kappa shape index (κ3) is 3.89. The lowest BCUT2D eigenvalue weighted by Gasteiger charge is -2.75. The molecule has 8 rings (SSSR count). The maximum atomic E-state index is 10.8. The van der Waals surface area contributed by atoms with Crippen molar-refractivity contribution in [1.29, 1.82) is 0 Å². The van der Waals surface area contributed by atoms with Crippen molar-refractivity contribution in [3.8, 4) is 17.6 Å². The highest BCUT2D eigenvalue weighted by Gasteiger charge is 2.76. The van der Waals surface area contributed by atoms with Gasteiger partial charge in [-0.2, -0.15) is 0 Å². The number of aliphatic hydroxyl groups excluding tert-OH is 1. The molecule has 5 nitrogen and oxygen atoms in total. The Bertz CT molecular complexity index is 1200. The lowest BCUT2D eigenvalue weighted by Crippen LogP contribution is -2.84. The van der Waals surface area contributed by atoms with Gasteiger partial charge in [0, 0.05) is 36.9 Å². The number of hydrogen-bond donors (Lipinski definition) is 4. The highest BCUT2D eigenvalue weighted by molar-refractivity contribution is 5.45. The number of nitrogens with two attached hydrogens (primary N) is 1.